The van der Waals surface area contributed by atoms with Gasteiger partial charge >= 0.3 is 0 Å². The average Bonchev–Trinajstić information content (AvgIpc) is 2.69. The van der Waals surface area contributed by atoms with E-state index in [4.69, 9.17) is 10.7 Å². The van der Waals surface area contributed by atoms with Crippen molar-refractivity contribution in [2.75, 3.05) is 0 Å². The molecule has 0 aliphatic heterocycles. The van der Waals surface area contributed by atoms with E-state index in [-0.39, 0.29) is 5.75 Å². The first-order valence-electron chi connectivity index (χ1n) is 4.56. The van der Waals surface area contributed by atoms with Crippen molar-refractivity contribution in [1.29, 1.82) is 0 Å². The molecule has 0 spiro atoms. The maximum absolute atomic E-state index is 10.9. The number of hydrogen-bond acceptors (Lipinski definition) is 3. The van der Waals surface area contributed by atoms with Gasteiger partial charge in [-0.3, -0.25) is 0 Å². The third-order valence-electron chi connectivity index (χ3n) is 2.06. The van der Waals surface area contributed by atoms with Crippen molar-refractivity contribution in [3.05, 3.63) is 42.2 Å². The van der Waals surface area contributed by atoms with Gasteiger partial charge in [-0.05, 0) is 5.56 Å². The molecule has 0 atom stereocenters. The van der Waals surface area contributed by atoms with E-state index in [1.807, 2.05) is 0 Å². The van der Waals surface area contributed by atoms with Crippen LogP contribution < -0.4 is 0 Å². The monoisotopic (exact) mass is 256 g/mol. The molecule has 0 radical (unpaired) electrons. The van der Waals surface area contributed by atoms with Crippen molar-refractivity contribution in [3.63, 3.8) is 0 Å². The minimum absolute atomic E-state index is 0.160. The zero-order valence-electron chi connectivity index (χ0n) is 8.22. The molecule has 0 unspecified atom stereocenters. The minimum atomic E-state index is -3.50. The Kier molecular flexibility index (Phi) is 2.98. The molecular formula is C10H9ClN2O2S. The SMILES string of the molecule is O=S(=O)(Cl)Cc1ccc(-c2ncc[nH]2)cc1. The van der Waals surface area contributed by atoms with Crippen LogP contribution in [0.2, 0.25) is 0 Å². The lowest BCUT2D eigenvalue weighted by Crippen LogP contribution is -1.94. The number of halogens is 1. The first-order valence-corrected chi connectivity index (χ1v) is 7.03. The van der Waals surface area contributed by atoms with Gasteiger partial charge in [-0.2, -0.15) is 0 Å². The van der Waals surface area contributed by atoms with Gasteiger partial charge in [0, 0.05) is 28.6 Å². The van der Waals surface area contributed by atoms with Crippen molar-refractivity contribution in [2.24, 2.45) is 0 Å². The van der Waals surface area contributed by atoms with Crippen molar-refractivity contribution in [1.82, 2.24) is 9.97 Å². The molecule has 0 aliphatic rings. The molecule has 0 bridgehead atoms. The summed E-state index contributed by atoms with van der Waals surface area (Å²) in [5.41, 5.74) is 1.56. The van der Waals surface area contributed by atoms with Crippen LogP contribution in [0.3, 0.4) is 0 Å². The summed E-state index contributed by atoms with van der Waals surface area (Å²) < 4.78 is 21.7. The summed E-state index contributed by atoms with van der Waals surface area (Å²) in [5.74, 6) is 0.591. The number of benzene rings is 1. The van der Waals surface area contributed by atoms with Crippen LogP contribution in [0, 0.1) is 0 Å². The molecule has 1 aromatic carbocycles. The molecule has 84 valence electrons. The fourth-order valence-corrected chi connectivity index (χ4v) is 2.35. The molecule has 1 aromatic heterocycles. The van der Waals surface area contributed by atoms with Crippen LogP contribution in [0.15, 0.2) is 36.7 Å². The van der Waals surface area contributed by atoms with E-state index in [2.05, 4.69) is 9.97 Å². The molecule has 1 N–H and O–H groups in total. The number of aromatic nitrogens is 2. The molecule has 4 nitrogen and oxygen atoms in total. The normalized spacial score (nSPS) is 11.6. The zero-order chi connectivity index (χ0) is 11.6. The Morgan fingerprint density at radius 1 is 1.25 bits per heavy atom. The van der Waals surface area contributed by atoms with E-state index in [1.165, 1.54) is 0 Å². The number of nitrogens with one attached hydrogen (secondary N) is 1. The first-order chi connectivity index (χ1) is 7.54. The van der Waals surface area contributed by atoms with Crippen molar-refractivity contribution in [3.8, 4) is 11.4 Å². The number of hydrogen-bond donors (Lipinski definition) is 1. The van der Waals surface area contributed by atoms with Crippen LogP contribution in [0.25, 0.3) is 11.4 Å². The lowest BCUT2D eigenvalue weighted by atomic mass is 10.1. The Morgan fingerprint density at radius 3 is 2.44 bits per heavy atom. The van der Waals surface area contributed by atoms with Gasteiger partial charge in [0.05, 0.1) is 5.75 Å². The quantitative estimate of drug-likeness (QED) is 0.856. The molecule has 6 heteroatoms. The second-order valence-corrected chi connectivity index (χ2v) is 6.09. The van der Waals surface area contributed by atoms with E-state index in [0.717, 1.165) is 11.4 Å². The fourth-order valence-electron chi connectivity index (χ4n) is 1.38. The fraction of sp³-hybridized carbons (Fsp3) is 0.100. The third-order valence-corrected chi connectivity index (χ3v) is 3.07. The van der Waals surface area contributed by atoms with Gasteiger partial charge in [0.2, 0.25) is 9.05 Å². The summed E-state index contributed by atoms with van der Waals surface area (Å²) in [4.78, 5) is 7.06. The van der Waals surface area contributed by atoms with Gasteiger partial charge in [0.15, 0.2) is 0 Å². The Bertz CT molecular complexity index is 561. The second kappa shape index (κ2) is 4.27. The van der Waals surface area contributed by atoms with Crippen molar-refractivity contribution >= 4 is 19.7 Å². The summed E-state index contributed by atoms with van der Waals surface area (Å²) in [6.07, 6.45) is 3.39. The topological polar surface area (TPSA) is 62.8 Å². The van der Waals surface area contributed by atoms with E-state index < -0.39 is 9.05 Å². The number of aromatic amines is 1. The van der Waals surface area contributed by atoms with Crippen LogP contribution in [-0.4, -0.2) is 18.4 Å². The van der Waals surface area contributed by atoms with Crippen LogP contribution in [0.4, 0.5) is 0 Å². The van der Waals surface area contributed by atoms with Gasteiger partial charge in [-0.15, -0.1) is 0 Å². The number of rotatable bonds is 3. The number of imidazole rings is 1. The molecule has 16 heavy (non-hydrogen) atoms. The molecule has 0 amide bonds. The third kappa shape index (κ3) is 2.84. The molecule has 1 heterocycles. The Labute approximate surface area is 97.7 Å². The summed E-state index contributed by atoms with van der Waals surface area (Å²) >= 11 is 0. The highest BCUT2D eigenvalue weighted by atomic mass is 35.7. The molecular weight excluding hydrogens is 248 g/mol. The lowest BCUT2D eigenvalue weighted by molar-refractivity contribution is 0.609. The highest BCUT2D eigenvalue weighted by Crippen LogP contribution is 2.17. The maximum Gasteiger partial charge on any atom is 0.236 e. The van der Waals surface area contributed by atoms with E-state index in [9.17, 15) is 8.42 Å². The van der Waals surface area contributed by atoms with Crippen molar-refractivity contribution < 1.29 is 8.42 Å². The largest absolute Gasteiger partial charge is 0.345 e. The van der Waals surface area contributed by atoms with Gasteiger partial charge in [-0.25, -0.2) is 13.4 Å². The molecule has 0 aliphatic carbocycles. The van der Waals surface area contributed by atoms with Crippen LogP contribution >= 0.6 is 10.7 Å². The van der Waals surface area contributed by atoms with Crippen LogP contribution in [-0.2, 0) is 14.8 Å². The summed E-state index contributed by atoms with van der Waals surface area (Å²) in [7, 11) is 1.67. The van der Waals surface area contributed by atoms with Gasteiger partial charge in [0.25, 0.3) is 0 Å². The smallest absolute Gasteiger partial charge is 0.236 e. The molecule has 2 rings (SSSR count). The minimum Gasteiger partial charge on any atom is -0.345 e. The van der Waals surface area contributed by atoms with Crippen molar-refractivity contribution in [2.45, 2.75) is 5.75 Å². The summed E-state index contributed by atoms with van der Waals surface area (Å²) in [6, 6.07) is 7.04. The van der Waals surface area contributed by atoms with E-state index in [1.54, 1.807) is 36.7 Å². The predicted molar refractivity (Wildman–Crippen MR) is 62.5 cm³/mol. The Morgan fingerprint density at radius 2 is 1.94 bits per heavy atom. The summed E-state index contributed by atoms with van der Waals surface area (Å²) in [6.45, 7) is 0. The first kappa shape index (κ1) is 11.2. The van der Waals surface area contributed by atoms with Gasteiger partial charge in [-0.1, -0.05) is 24.3 Å². The Balaban J connectivity index is 2.24. The van der Waals surface area contributed by atoms with E-state index in [0.29, 0.717) is 5.56 Å². The second-order valence-electron chi connectivity index (χ2n) is 3.32. The van der Waals surface area contributed by atoms with Gasteiger partial charge < -0.3 is 4.98 Å². The Hall–Kier alpha value is -1.33. The summed E-state index contributed by atoms with van der Waals surface area (Å²) in [5, 5.41) is 0. The maximum atomic E-state index is 10.9. The predicted octanol–water partition coefficient (Wildman–Crippen LogP) is 2.15. The highest BCUT2D eigenvalue weighted by Gasteiger charge is 2.07. The lowest BCUT2D eigenvalue weighted by Gasteiger charge is -2.00. The molecule has 0 saturated heterocycles. The van der Waals surface area contributed by atoms with Crippen LogP contribution in [0.5, 0.6) is 0 Å². The zero-order valence-corrected chi connectivity index (χ0v) is 9.79. The van der Waals surface area contributed by atoms with E-state index >= 15 is 0 Å². The number of H-pyrrole nitrogens is 1. The van der Waals surface area contributed by atoms with Crippen LogP contribution in [0.1, 0.15) is 5.56 Å². The molecule has 0 fully saturated rings. The molecule has 0 saturated carbocycles. The number of nitrogens with zero attached hydrogens (tertiary/aromatic N) is 1. The standard InChI is InChI=1S/C10H9ClN2O2S/c11-16(14,15)7-8-1-3-9(4-2-8)10-12-5-6-13-10/h1-6H,7H2,(H,12,13). The highest BCUT2D eigenvalue weighted by molar-refractivity contribution is 8.13. The van der Waals surface area contributed by atoms with Gasteiger partial charge in [0.1, 0.15) is 5.82 Å². The molecule has 2 aromatic rings. The average molecular weight is 257 g/mol.